The van der Waals surface area contributed by atoms with Crippen molar-refractivity contribution in [2.24, 2.45) is 5.92 Å². The van der Waals surface area contributed by atoms with E-state index in [0.717, 1.165) is 35.1 Å². The van der Waals surface area contributed by atoms with Gasteiger partial charge in [-0.05, 0) is 31.0 Å². The standard InChI is InChI=1S/C12H14ClNOS/c13-10-2-1-3-11(8-10)16-7-6-14-12(15)9-4-5-9/h1-3,8-9H,4-7H2,(H,14,15). The largest absolute Gasteiger partial charge is 0.355 e. The molecule has 0 saturated heterocycles. The van der Waals surface area contributed by atoms with Gasteiger partial charge >= 0.3 is 0 Å². The van der Waals surface area contributed by atoms with E-state index in [4.69, 9.17) is 11.6 Å². The van der Waals surface area contributed by atoms with E-state index in [1.807, 2.05) is 24.3 Å². The van der Waals surface area contributed by atoms with Gasteiger partial charge in [-0.1, -0.05) is 17.7 Å². The highest BCUT2D eigenvalue weighted by molar-refractivity contribution is 7.99. The molecule has 0 atom stereocenters. The second kappa shape index (κ2) is 5.60. The van der Waals surface area contributed by atoms with Crippen molar-refractivity contribution >= 4 is 29.3 Å². The minimum absolute atomic E-state index is 0.215. The Balaban J connectivity index is 1.65. The summed E-state index contributed by atoms with van der Waals surface area (Å²) in [5, 5.41) is 3.69. The first-order valence-electron chi connectivity index (χ1n) is 5.42. The van der Waals surface area contributed by atoms with Crippen molar-refractivity contribution in [2.45, 2.75) is 17.7 Å². The number of rotatable bonds is 5. The van der Waals surface area contributed by atoms with Crippen LogP contribution < -0.4 is 5.32 Å². The van der Waals surface area contributed by atoms with Crippen molar-refractivity contribution in [3.63, 3.8) is 0 Å². The molecule has 2 rings (SSSR count). The van der Waals surface area contributed by atoms with Gasteiger partial charge in [0.1, 0.15) is 0 Å². The summed E-state index contributed by atoms with van der Waals surface area (Å²) in [6.07, 6.45) is 2.13. The van der Waals surface area contributed by atoms with Crippen LogP contribution in [0.1, 0.15) is 12.8 Å². The van der Waals surface area contributed by atoms with Crippen LogP contribution in [0.2, 0.25) is 5.02 Å². The Kier molecular flexibility index (Phi) is 4.13. The lowest BCUT2D eigenvalue weighted by molar-refractivity contribution is -0.122. The molecule has 1 aliphatic rings. The average Bonchev–Trinajstić information content (AvgIpc) is 3.08. The van der Waals surface area contributed by atoms with Crippen LogP contribution in [-0.2, 0) is 4.79 Å². The fraction of sp³-hybridized carbons (Fsp3) is 0.417. The molecule has 86 valence electrons. The zero-order chi connectivity index (χ0) is 11.4. The monoisotopic (exact) mass is 255 g/mol. The number of benzene rings is 1. The molecule has 0 aliphatic heterocycles. The predicted octanol–water partition coefficient (Wildman–Crippen LogP) is 2.96. The van der Waals surface area contributed by atoms with Gasteiger partial charge in [-0.2, -0.15) is 0 Å². The maximum Gasteiger partial charge on any atom is 0.223 e. The number of nitrogens with one attached hydrogen (secondary N) is 1. The molecule has 0 bridgehead atoms. The Bertz CT molecular complexity index is 379. The molecular weight excluding hydrogens is 242 g/mol. The van der Waals surface area contributed by atoms with Crippen LogP contribution in [-0.4, -0.2) is 18.2 Å². The summed E-state index contributed by atoms with van der Waals surface area (Å²) in [5.41, 5.74) is 0. The molecule has 0 heterocycles. The highest BCUT2D eigenvalue weighted by Crippen LogP contribution is 2.28. The molecule has 1 N–H and O–H groups in total. The van der Waals surface area contributed by atoms with Crippen molar-refractivity contribution in [1.29, 1.82) is 0 Å². The minimum Gasteiger partial charge on any atom is -0.355 e. The number of thioether (sulfide) groups is 1. The van der Waals surface area contributed by atoms with Gasteiger partial charge in [-0.3, -0.25) is 4.79 Å². The summed E-state index contributed by atoms with van der Waals surface area (Å²) in [6.45, 7) is 0.729. The minimum atomic E-state index is 0.215. The molecule has 1 aliphatic carbocycles. The Morgan fingerprint density at radius 2 is 2.31 bits per heavy atom. The van der Waals surface area contributed by atoms with Crippen LogP contribution in [0.25, 0.3) is 0 Å². The highest BCUT2D eigenvalue weighted by atomic mass is 35.5. The zero-order valence-corrected chi connectivity index (χ0v) is 10.5. The molecule has 0 spiro atoms. The van der Waals surface area contributed by atoms with Crippen LogP contribution >= 0.6 is 23.4 Å². The van der Waals surface area contributed by atoms with Crippen molar-refractivity contribution in [3.8, 4) is 0 Å². The molecule has 16 heavy (non-hydrogen) atoms. The van der Waals surface area contributed by atoms with Crippen molar-refractivity contribution in [3.05, 3.63) is 29.3 Å². The third kappa shape index (κ3) is 3.72. The number of halogens is 1. The normalized spacial score (nSPS) is 14.8. The molecule has 4 heteroatoms. The molecule has 0 aromatic heterocycles. The fourth-order valence-electron chi connectivity index (χ4n) is 1.39. The van der Waals surface area contributed by atoms with Gasteiger partial charge in [0, 0.05) is 28.1 Å². The van der Waals surface area contributed by atoms with Crippen LogP contribution in [0, 0.1) is 5.92 Å². The molecule has 1 fully saturated rings. The molecule has 0 radical (unpaired) electrons. The number of amides is 1. The van der Waals surface area contributed by atoms with Gasteiger partial charge in [0.2, 0.25) is 5.91 Å². The Hall–Kier alpha value is -0.670. The number of carbonyl (C=O) groups is 1. The fourth-order valence-corrected chi connectivity index (χ4v) is 2.47. The smallest absolute Gasteiger partial charge is 0.223 e. The van der Waals surface area contributed by atoms with Crippen LogP contribution in [0.15, 0.2) is 29.2 Å². The zero-order valence-electron chi connectivity index (χ0n) is 8.91. The highest BCUT2D eigenvalue weighted by Gasteiger charge is 2.28. The Morgan fingerprint density at radius 3 is 3.00 bits per heavy atom. The SMILES string of the molecule is O=C(NCCSc1cccc(Cl)c1)C1CC1. The summed E-state index contributed by atoms with van der Waals surface area (Å²) in [4.78, 5) is 12.5. The van der Waals surface area contributed by atoms with Crippen molar-refractivity contribution in [2.75, 3.05) is 12.3 Å². The number of hydrogen-bond acceptors (Lipinski definition) is 2. The van der Waals surface area contributed by atoms with Crippen LogP contribution in [0.5, 0.6) is 0 Å². The second-order valence-corrected chi connectivity index (χ2v) is 5.48. The van der Waals surface area contributed by atoms with Gasteiger partial charge in [-0.25, -0.2) is 0 Å². The molecule has 1 saturated carbocycles. The second-order valence-electron chi connectivity index (χ2n) is 3.87. The van der Waals surface area contributed by atoms with E-state index in [0.29, 0.717) is 5.92 Å². The van der Waals surface area contributed by atoms with Crippen molar-refractivity contribution < 1.29 is 4.79 Å². The summed E-state index contributed by atoms with van der Waals surface area (Å²) in [6, 6.07) is 7.77. The molecule has 2 nitrogen and oxygen atoms in total. The van der Waals surface area contributed by atoms with E-state index in [9.17, 15) is 4.79 Å². The van der Waals surface area contributed by atoms with Gasteiger partial charge in [-0.15, -0.1) is 11.8 Å². The van der Waals surface area contributed by atoms with Crippen LogP contribution in [0.4, 0.5) is 0 Å². The molecule has 0 unspecified atom stereocenters. The summed E-state index contributed by atoms with van der Waals surface area (Å²) in [7, 11) is 0. The number of hydrogen-bond donors (Lipinski definition) is 1. The van der Waals surface area contributed by atoms with Gasteiger partial charge < -0.3 is 5.32 Å². The molecule has 1 aromatic carbocycles. The first kappa shape index (κ1) is 11.8. The Labute approximate surface area is 105 Å². The van der Waals surface area contributed by atoms with E-state index < -0.39 is 0 Å². The van der Waals surface area contributed by atoms with Gasteiger partial charge in [0.15, 0.2) is 0 Å². The Morgan fingerprint density at radius 1 is 1.50 bits per heavy atom. The van der Waals surface area contributed by atoms with Gasteiger partial charge in [0.25, 0.3) is 0 Å². The quantitative estimate of drug-likeness (QED) is 0.648. The maximum atomic E-state index is 11.3. The molecule has 1 aromatic rings. The van der Waals surface area contributed by atoms with Gasteiger partial charge in [0.05, 0.1) is 0 Å². The van der Waals surface area contributed by atoms with E-state index in [-0.39, 0.29) is 5.91 Å². The van der Waals surface area contributed by atoms with Crippen LogP contribution in [0.3, 0.4) is 0 Å². The first-order valence-corrected chi connectivity index (χ1v) is 6.78. The molecular formula is C12H14ClNOS. The number of carbonyl (C=O) groups excluding carboxylic acids is 1. The lowest BCUT2D eigenvalue weighted by atomic mass is 10.4. The van der Waals surface area contributed by atoms with E-state index in [1.165, 1.54) is 0 Å². The topological polar surface area (TPSA) is 29.1 Å². The summed E-state index contributed by atoms with van der Waals surface area (Å²) in [5.74, 6) is 1.40. The summed E-state index contributed by atoms with van der Waals surface area (Å²) >= 11 is 7.58. The lowest BCUT2D eigenvalue weighted by Crippen LogP contribution is -2.26. The lowest BCUT2D eigenvalue weighted by Gasteiger charge is -2.04. The predicted molar refractivity (Wildman–Crippen MR) is 67.9 cm³/mol. The van der Waals surface area contributed by atoms with E-state index in [2.05, 4.69) is 5.32 Å². The molecule has 1 amide bonds. The van der Waals surface area contributed by atoms with Crippen molar-refractivity contribution in [1.82, 2.24) is 5.32 Å². The third-order valence-electron chi connectivity index (χ3n) is 2.41. The first-order chi connectivity index (χ1) is 7.75. The summed E-state index contributed by atoms with van der Waals surface area (Å²) < 4.78 is 0. The maximum absolute atomic E-state index is 11.3. The average molecular weight is 256 g/mol. The van der Waals surface area contributed by atoms with E-state index >= 15 is 0 Å². The third-order valence-corrected chi connectivity index (χ3v) is 3.64. The van der Waals surface area contributed by atoms with E-state index in [1.54, 1.807) is 11.8 Å².